The molecular weight excluding hydrogens is 260 g/mol. The summed E-state index contributed by atoms with van der Waals surface area (Å²) in [5.74, 6) is -1.57. The Morgan fingerprint density at radius 1 is 1.10 bits per heavy atom. The molecule has 0 atom stereocenters. The van der Waals surface area contributed by atoms with Gasteiger partial charge in [-0.15, -0.1) is 0 Å². The third kappa shape index (κ3) is 2.05. The van der Waals surface area contributed by atoms with Crippen LogP contribution in [0.5, 0.6) is 5.75 Å². The highest BCUT2D eigenvalue weighted by molar-refractivity contribution is 5.91. The van der Waals surface area contributed by atoms with Crippen LogP contribution in [-0.4, -0.2) is 21.5 Å². The number of benzene rings is 1. The van der Waals surface area contributed by atoms with Gasteiger partial charge in [-0.2, -0.15) is 9.78 Å². The molecule has 1 aliphatic rings. The molecule has 0 amide bonds. The van der Waals surface area contributed by atoms with Gasteiger partial charge < -0.3 is 9.47 Å². The van der Waals surface area contributed by atoms with Gasteiger partial charge in [-0.05, 0) is 12.1 Å². The highest BCUT2D eigenvalue weighted by Crippen LogP contribution is 2.28. The van der Waals surface area contributed by atoms with Crippen molar-refractivity contribution in [2.24, 2.45) is 0 Å². The van der Waals surface area contributed by atoms with Gasteiger partial charge >= 0.3 is 5.97 Å². The van der Waals surface area contributed by atoms with Crippen molar-refractivity contribution in [3.8, 4) is 11.4 Å². The third-order valence-corrected chi connectivity index (χ3v) is 2.79. The summed E-state index contributed by atoms with van der Waals surface area (Å²) in [5.41, 5.74) is 0.186. The average molecular weight is 272 g/mol. The van der Waals surface area contributed by atoms with E-state index in [0.717, 1.165) is 4.68 Å². The van der Waals surface area contributed by atoms with Gasteiger partial charge in [0, 0.05) is 13.8 Å². The number of cyclic esters (lactones) is 1. The van der Waals surface area contributed by atoms with Crippen LogP contribution in [-0.2, 0) is 4.74 Å². The van der Waals surface area contributed by atoms with Crippen LogP contribution in [0.2, 0.25) is 0 Å². The van der Waals surface area contributed by atoms with E-state index in [1.54, 1.807) is 38.1 Å². The minimum Gasteiger partial charge on any atom is -0.450 e. The zero-order valence-electron chi connectivity index (χ0n) is 11.0. The van der Waals surface area contributed by atoms with Crippen molar-refractivity contribution in [3.05, 3.63) is 52.4 Å². The summed E-state index contributed by atoms with van der Waals surface area (Å²) < 4.78 is 11.7. The molecule has 0 fully saturated rings. The molecule has 6 heteroatoms. The van der Waals surface area contributed by atoms with Gasteiger partial charge in [-0.3, -0.25) is 4.79 Å². The summed E-state index contributed by atoms with van der Waals surface area (Å²) in [6, 6.07) is 10.1. The maximum Gasteiger partial charge on any atom is 0.365 e. The maximum absolute atomic E-state index is 12.1. The second-order valence-electron chi connectivity index (χ2n) is 4.83. The Morgan fingerprint density at radius 2 is 1.80 bits per heavy atom. The molecule has 3 rings (SSSR count). The number of hydrogen-bond acceptors (Lipinski definition) is 5. The number of fused-ring (bicyclic) bond motifs is 1. The van der Waals surface area contributed by atoms with Crippen LogP contribution in [0.15, 0.2) is 41.2 Å². The number of nitrogens with zero attached hydrogens (tertiary/aromatic N) is 2. The third-order valence-electron chi connectivity index (χ3n) is 2.79. The second-order valence-corrected chi connectivity index (χ2v) is 4.83. The second kappa shape index (κ2) is 4.19. The van der Waals surface area contributed by atoms with Gasteiger partial charge in [0.05, 0.1) is 11.8 Å². The molecule has 0 spiro atoms. The number of ether oxygens (including phenoxy) is 2. The van der Waals surface area contributed by atoms with Crippen LogP contribution in [0, 0.1) is 0 Å². The molecule has 102 valence electrons. The van der Waals surface area contributed by atoms with Gasteiger partial charge in [0.25, 0.3) is 5.56 Å². The van der Waals surface area contributed by atoms with Gasteiger partial charge in [0.2, 0.25) is 11.5 Å². The first-order valence-corrected chi connectivity index (χ1v) is 6.08. The zero-order chi connectivity index (χ0) is 14.3. The number of esters is 1. The first-order chi connectivity index (χ1) is 9.46. The molecular formula is C14H12N2O4. The van der Waals surface area contributed by atoms with Crippen molar-refractivity contribution in [3.63, 3.8) is 0 Å². The van der Waals surface area contributed by atoms with E-state index in [0.29, 0.717) is 5.69 Å². The van der Waals surface area contributed by atoms with Crippen LogP contribution in [0.3, 0.4) is 0 Å². The summed E-state index contributed by atoms with van der Waals surface area (Å²) in [5, 5.41) is 4.03. The highest BCUT2D eigenvalue weighted by atomic mass is 16.7. The molecule has 1 aromatic heterocycles. The number of hydrogen-bond donors (Lipinski definition) is 0. The molecule has 1 aromatic carbocycles. The fourth-order valence-electron chi connectivity index (χ4n) is 1.97. The van der Waals surface area contributed by atoms with Crippen LogP contribution in [0.1, 0.15) is 24.3 Å². The molecule has 20 heavy (non-hydrogen) atoms. The number of para-hydroxylation sites is 1. The topological polar surface area (TPSA) is 70.4 Å². The summed E-state index contributed by atoms with van der Waals surface area (Å²) in [6.45, 7) is 3.19. The lowest BCUT2D eigenvalue weighted by Crippen LogP contribution is -2.41. The minimum absolute atomic E-state index is 0.00669. The van der Waals surface area contributed by atoms with E-state index in [4.69, 9.17) is 9.47 Å². The van der Waals surface area contributed by atoms with E-state index in [-0.39, 0.29) is 17.0 Å². The highest BCUT2D eigenvalue weighted by Gasteiger charge is 2.36. The molecule has 1 aliphatic heterocycles. The molecule has 0 saturated heterocycles. The predicted molar refractivity (Wildman–Crippen MR) is 70.0 cm³/mol. The number of rotatable bonds is 1. The lowest BCUT2D eigenvalue weighted by atomic mass is 10.2. The smallest absolute Gasteiger partial charge is 0.365 e. The quantitative estimate of drug-likeness (QED) is 0.736. The van der Waals surface area contributed by atoms with Crippen molar-refractivity contribution in [1.82, 2.24) is 9.78 Å². The molecule has 0 aliphatic carbocycles. The van der Waals surface area contributed by atoms with Gasteiger partial charge in [-0.25, -0.2) is 4.79 Å². The molecule has 0 bridgehead atoms. The Bertz CT molecular complexity index is 735. The van der Waals surface area contributed by atoms with E-state index < -0.39 is 11.8 Å². The van der Waals surface area contributed by atoms with Crippen molar-refractivity contribution in [2.45, 2.75) is 19.6 Å². The Hall–Kier alpha value is -2.63. The Kier molecular flexibility index (Phi) is 2.60. The van der Waals surface area contributed by atoms with E-state index in [9.17, 15) is 9.59 Å². The molecule has 0 saturated carbocycles. The van der Waals surface area contributed by atoms with Crippen molar-refractivity contribution >= 4 is 5.97 Å². The van der Waals surface area contributed by atoms with E-state index in [1.165, 1.54) is 6.07 Å². The number of carbonyl (C=O) groups is 1. The number of carbonyl (C=O) groups excluding carboxylic acids is 1. The maximum atomic E-state index is 12.1. The minimum atomic E-state index is -1.10. The molecule has 0 radical (unpaired) electrons. The van der Waals surface area contributed by atoms with Gasteiger partial charge in [0.1, 0.15) is 0 Å². The van der Waals surface area contributed by atoms with Crippen LogP contribution >= 0.6 is 0 Å². The fraction of sp³-hybridized carbons (Fsp3) is 0.214. The predicted octanol–water partition coefficient (Wildman–Crippen LogP) is 1.52. The largest absolute Gasteiger partial charge is 0.450 e. The molecule has 2 aromatic rings. The first kappa shape index (κ1) is 12.4. The Balaban J connectivity index is 2.17. The first-order valence-electron chi connectivity index (χ1n) is 6.08. The molecule has 6 nitrogen and oxygen atoms in total. The Labute approximate surface area is 114 Å². The monoisotopic (exact) mass is 272 g/mol. The number of aromatic nitrogens is 2. The van der Waals surface area contributed by atoms with Gasteiger partial charge in [-0.1, -0.05) is 18.2 Å². The van der Waals surface area contributed by atoms with Crippen LogP contribution < -0.4 is 10.3 Å². The summed E-state index contributed by atoms with van der Waals surface area (Å²) in [4.78, 5) is 24.0. The lowest BCUT2D eigenvalue weighted by molar-refractivity contribution is -0.128. The standard InChI is InChI=1S/C14H12N2O4/c1-14(2)19-10-8-11(17)16(9-6-4-3-5-7-9)15-12(10)13(18)20-14/h3-8H,1-2H3. The fourth-order valence-corrected chi connectivity index (χ4v) is 1.97. The van der Waals surface area contributed by atoms with Gasteiger partial charge in [0.15, 0.2) is 5.75 Å². The zero-order valence-corrected chi connectivity index (χ0v) is 11.0. The Morgan fingerprint density at radius 3 is 2.50 bits per heavy atom. The van der Waals surface area contributed by atoms with Crippen molar-refractivity contribution in [2.75, 3.05) is 0 Å². The van der Waals surface area contributed by atoms with E-state index in [2.05, 4.69) is 5.10 Å². The van der Waals surface area contributed by atoms with E-state index >= 15 is 0 Å². The SMILES string of the molecule is CC1(C)OC(=O)c2nn(-c3ccccc3)c(=O)cc2O1. The van der Waals surface area contributed by atoms with Crippen LogP contribution in [0.4, 0.5) is 0 Å². The van der Waals surface area contributed by atoms with Crippen LogP contribution in [0.25, 0.3) is 5.69 Å². The molecule has 2 heterocycles. The summed E-state index contributed by atoms with van der Waals surface area (Å²) >= 11 is 0. The molecule has 0 N–H and O–H groups in total. The molecule has 0 unspecified atom stereocenters. The van der Waals surface area contributed by atoms with Crippen molar-refractivity contribution in [1.29, 1.82) is 0 Å². The average Bonchev–Trinajstić information content (AvgIpc) is 2.37. The normalized spacial score (nSPS) is 16.0. The summed E-state index contributed by atoms with van der Waals surface area (Å²) in [7, 11) is 0. The van der Waals surface area contributed by atoms with E-state index in [1.807, 2.05) is 6.07 Å². The van der Waals surface area contributed by atoms with Crippen molar-refractivity contribution < 1.29 is 14.3 Å². The summed E-state index contributed by atoms with van der Waals surface area (Å²) in [6.07, 6.45) is 0. The lowest BCUT2D eigenvalue weighted by Gasteiger charge is -2.30.